The number of hydrogen-bond acceptors (Lipinski definition) is 4. The van der Waals surface area contributed by atoms with Gasteiger partial charge >= 0.3 is 0 Å². The van der Waals surface area contributed by atoms with Crippen molar-refractivity contribution in [3.8, 4) is 0 Å². The minimum atomic E-state index is -0.441. The van der Waals surface area contributed by atoms with Gasteiger partial charge in [0, 0.05) is 12.6 Å². The first-order chi connectivity index (χ1) is 6.59. The van der Waals surface area contributed by atoms with Crippen LogP contribution in [0, 0.1) is 11.7 Å². The van der Waals surface area contributed by atoms with Crippen LogP contribution >= 0.6 is 0 Å². The number of anilines is 1. The van der Waals surface area contributed by atoms with Crippen molar-refractivity contribution >= 4 is 5.95 Å². The van der Waals surface area contributed by atoms with Crippen LogP contribution in [0.5, 0.6) is 0 Å². The van der Waals surface area contributed by atoms with E-state index in [1.54, 1.807) is 0 Å². The quantitative estimate of drug-likeness (QED) is 0.758. The zero-order valence-corrected chi connectivity index (χ0v) is 8.37. The Morgan fingerprint density at radius 3 is 2.50 bits per heavy atom. The Bertz CT molecular complexity index is 273. The number of hydrogen-bond donors (Lipinski definition) is 2. The predicted octanol–water partition coefficient (Wildman–Crippen LogP) is 1.01. The molecule has 0 saturated carbocycles. The Kier molecular flexibility index (Phi) is 3.76. The van der Waals surface area contributed by atoms with E-state index in [1.807, 2.05) is 13.8 Å². The maximum Gasteiger partial charge on any atom is 0.222 e. The minimum absolute atomic E-state index is 0.0450. The van der Waals surface area contributed by atoms with Crippen LogP contribution in [-0.4, -0.2) is 22.6 Å². The molecule has 0 aliphatic carbocycles. The lowest BCUT2D eigenvalue weighted by molar-refractivity contribution is 0.510. The highest BCUT2D eigenvalue weighted by Gasteiger charge is 2.07. The topological polar surface area (TPSA) is 63.8 Å². The molecule has 0 aliphatic rings. The van der Waals surface area contributed by atoms with Gasteiger partial charge in [-0.1, -0.05) is 13.8 Å². The summed E-state index contributed by atoms with van der Waals surface area (Å²) >= 11 is 0. The summed E-state index contributed by atoms with van der Waals surface area (Å²) in [4.78, 5) is 7.51. The molecular formula is C9H15FN4. The maximum absolute atomic E-state index is 12.4. The highest BCUT2D eigenvalue weighted by Crippen LogP contribution is 2.01. The van der Waals surface area contributed by atoms with Crippen LogP contribution in [0.25, 0.3) is 0 Å². The molecule has 1 aromatic heterocycles. The summed E-state index contributed by atoms with van der Waals surface area (Å²) in [6.07, 6.45) is 2.24. The first-order valence-corrected chi connectivity index (χ1v) is 4.56. The monoisotopic (exact) mass is 198 g/mol. The van der Waals surface area contributed by atoms with E-state index in [0.717, 1.165) is 12.4 Å². The fourth-order valence-electron chi connectivity index (χ4n) is 0.848. The summed E-state index contributed by atoms with van der Waals surface area (Å²) in [5.74, 6) is 0.356. The average molecular weight is 198 g/mol. The second kappa shape index (κ2) is 4.85. The number of nitrogens with two attached hydrogens (primary N) is 1. The zero-order valence-electron chi connectivity index (χ0n) is 8.37. The summed E-state index contributed by atoms with van der Waals surface area (Å²) in [6, 6.07) is 0.0450. The number of aromatic nitrogens is 2. The molecule has 1 aromatic rings. The molecule has 0 amide bonds. The second-order valence-electron chi connectivity index (χ2n) is 3.51. The first kappa shape index (κ1) is 10.8. The summed E-state index contributed by atoms with van der Waals surface area (Å²) in [5.41, 5.74) is 5.80. The van der Waals surface area contributed by atoms with Gasteiger partial charge in [-0.05, 0) is 5.92 Å². The fraction of sp³-hybridized carbons (Fsp3) is 0.556. The molecule has 0 radical (unpaired) electrons. The third kappa shape index (κ3) is 3.26. The van der Waals surface area contributed by atoms with E-state index in [2.05, 4.69) is 15.3 Å². The molecule has 0 fully saturated rings. The summed E-state index contributed by atoms with van der Waals surface area (Å²) in [7, 11) is 0. The smallest absolute Gasteiger partial charge is 0.222 e. The number of halogens is 1. The Morgan fingerprint density at radius 2 is 2.00 bits per heavy atom. The molecule has 1 unspecified atom stereocenters. The molecule has 0 saturated heterocycles. The van der Waals surface area contributed by atoms with E-state index in [1.165, 1.54) is 0 Å². The second-order valence-corrected chi connectivity index (χ2v) is 3.51. The van der Waals surface area contributed by atoms with Crippen molar-refractivity contribution < 1.29 is 4.39 Å². The van der Waals surface area contributed by atoms with Crippen LogP contribution in [0.2, 0.25) is 0 Å². The van der Waals surface area contributed by atoms with Gasteiger partial charge in [-0.2, -0.15) is 0 Å². The van der Waals surface area contributed by atoms with Gasteiger partial charge < -0.3 is 11.1 Å². The highest BCUT2D eigenvalue weighted by molar-refractivity contribution is 5.22. The van der Waals surface area contributed by atoms with Gasteiger partial charge in [0.15, 0.2) is 5.82 Å². The van der Waals surface area contributed by atoms with Gasteiger partial charge in [0.1, 0.15) is 0 Å². The van der Waals surface area contributed by atoms with Crippen LogP contribution in [-0.2, 0) is 0 Å². The number of rotatable bonds is 4. The Hall–Kier alpha value is -1.23. The maximum atomic E-state index is 12.4. The average Bonchev–Trinajstić information content (AvgIpc) is 2.16. The van der Waals surface area contributed by atoms with E-state index in [-0.39, 0.29) is 6.04 Å². The van der Waals surface area contributed by atoms with Crippen molar-refractivity contribution in [2.75, 3.05) is 11.9 Å². The van der Waals surface area contributed by atoms with Crippen molar-refractivity contribution in [1.82, 2.24) is 9.97 Å². The first-order valence-electron chi connectivity index (χ1n) is 4.56. The standard InChI is InChI=1S/C9H15FN4/c1-6(2)8(11)5-14-9-12-3-7(10)4-13-9/h3-4,6,8H,5,11H2,1-2H3,(H,12,13,14). The molecular weight excluding hydrogens is 183 g/mol. The molecule has 0 bridgehead atoms. The largest absolute Gasteiger partial charge is 0.353 e. The Morgan fingerprint density at radius 1 is 1.43 bits per heavy atom. The molecule has 4 nitrogen and oxygen atoms in total. The van der Waals surface area contributed by atoms with Crippen molar-refractivity contribution in [3.05, 3.63) is 18.2 Å². The van der Waals surface area contributed by atoms with Gasteiger partial charge in [0.05, 0.1) is 12.4 Å². The molecule has 0 aliphatic heterocycles. The van der Waals surface area contributed by atoms with Crippen LogP contribution in [0.1, 0.15) is 13.8 Å². The van der Waals surface area contributed by atoms with Gasteiger partial charge in [0.25, 0.3) is 0 Å². The number of nitrogens with one attached hydrogen (secondary N) is 1. The van der Waals surface area contributed by atoms with Crippen LogP contribution in [0.15, 0.2) is 12.4 Å². The van der Waals surface area contributed by atoms with Crippen molar-refractivity contribution in [3.63, 3.8) is 0 Å². The van der Waals surface area contributed by atoms with E-state index in [4.69, 9.17) is 5.73 Å². The van der Waals surface area contributed by atoms with Crippen LogP contribution < -0.4 is 11.1 Å². The van der Waals surface area contributed by atoms with Gasteiger partial charge in [-0.25, -0.2) is 14.4 Å². The molecule has 0 spiro atoms. The normalized spacial score (nSPS) is 12.9. The van der Waals surface area contributed by atoms with Crippen LogP contribution in [0.3, 0.4) is 0 Å². The number of nitrogens with zero attached hydrogens (tertiary/aromatic N) is 2. The van der Waals surface area contributed by atoms with E-state index >= 15 is 0 Å². The zero-order chi connectivity index (χ0) is 10.6. The van der Waals surface area contributed by atoms with Gasteiger partial charge in [-0.3, -0.25) is 0 Å². The van der Waals surface area contributed by atoms with E-state index in [0.29, 0.717) is 18.4 Å². The third-order valence-electron chi connectivity index (χ3n) is 1.97. The molecule has 5 heteroatoms. The molecule has 1 atom stereocenters. The van der Waals surface area contributed by atoms with Gasteiger partial charge in [0.2, 0.25) is 5.95 Å². The van der Waals surface area contributed by atoms with Crippen molar-refractivity contribution in [1.29, 1.82) is 0 Å². The lowest BCUT2D eigenvalue weighted by Gasteiger charge is -2.15. The molecule has 14 heavy (non-hydrogen) atoms. The lowest BCUT2D eigenvalue weighted by Crippen LogP contribution is -2.34. The molecule has 0 aromatic carbocycles. The van der Waals surface area contributed by atoms with E-state index < -0.39 is 5.82 Å². The molecule has 1 heterocycles. The minimum Gasteiger partial charge on any atom is -0.353 e. The summed E-state index contributed by atoms with van der Waals surface area (Å²) < 4.78 is 12.4. The van der Waals surface area contributed by atoms with E-state index in [9.17, 15) is 4.39 Å². The Labute approximate surface area is 82.8 Å². The predicted molar refractivity (Wildman–Crippen MR) is 53.3 cm³/mol. The summed E-state index contributed by atoms with van der Waals surface area (Å²) in [6.45, 7) is 4.67. The van der Waals surface area contributed by atoms with Crippen molar-refractivity contribution in [2.45, 2.75) is 19.9 Å². The summed E-state index contributed by atoms with van der Waals surface area (Å²) in [5, 5.41) is 2.94. The molecule has 3 N–H and O–H groups in total. The van der Waals surface area contributed by atoms with Crippen molar-refractivity contribution in [2.24, 2.45) is 11.7 Å². The lowest BCUT2D eigenvalue weighted by atomic mass is 10.1. The van der Waals surface area contributed by atoms with Gasteiger partial charge in [-0.15, -0.1) is 0 Å². The molecule has 1 rings (SSSR count). The molecule has 78 valence electrons. The highest BCUT2D eigenvalue weighted by atomic mass is 19.1. The third-order valence-corrected chi connectivity index (χ3v) is 1.97. The fourth-order valence-corrected chi connectivity index (χ4v) is 0.848. The Balaban J connectivity index is 2.42. The van der Waals surface area contributed by atoms with Crippen LogP contribution in [0.4, 0.5) is 10.3 Å². The SMILES string of the molecule is CC(C)C(N)CNc1ncc(F)cn1.